The van der Waals surface area contributed by atoms with Crippen LogP contribution in [0.3, 0.4) is 0 Å². The molecule has 0 aromatic heterocycles. The highest BCUT2D eigenvalue weighted by Gasteiger charge is 2.32. The topological polar surface area (TPSA) is 0 Å². The van der Waals surface area contributed by atoms with Crippen molar-refractivity contribution in [1.82, 2.24) is 0 Å². The van der Waals surface area contributed by atoms with Gasteiger partial charge in [0, 0.05) is 0 Å². The van der Waals surface area contributed by atoms with Crippen LogP contribution in [0.2, 0.25) is 0 Å². The Bertz CT molecular complexity index is 4370. The van der Waals surface area contributed by atoms with E-state index in [1.165, 1.54) is 154 Å². The van der Waals surface area contributed by atoms with Crippen molar-refractivity contribution in [2.24, 2.45) is 0 Å². The Labute approximate surface area is 474 Å². The minimum absolute atomic E-state index is 0.0972. The third-order valence-electron chi connectivity index (χ3n) is 17.3. The molecule has 1 aliphatic carbocycles. The van der Waals surface area contributed by atoms with Gasteiger partial charge >= 0.3 is 0 Å². The van der Waals surface area contributed by atoms with Gasteiger partial charge in [0.15, 0.2) is 0 Å². The molecule has 0 nitrogen and oxygen atoms in total. The summed E-state index contributed by atoms with van der Waals surface area (Å²) < 4.78 is 0. The Hall–Kier alpha value is -8.32. The van der Waals surface area contributed by atoms with E-state index in [-0.39, 0.29) is 21.7 Å². The molecule has 0 heterocycles. The van der Waals surface area contributed by atoms with Crippen LogP contribution in [-0.4, -0.2) is 0 Å². The van der Waals surface area contributed by atoms with Gasteiger partial charge in [0.1, 0.15) is 0 Å². The van der Waals surface area contributed by atoms with E-state index in [1.54, 1.807) is 0 Å². The van der Waals surface area contributed by atoms with E-state index in [0.717, 1.165) is 0 Å². The van der Waals surface area contributed by atoms with Crippen LogP contribution >= 0.6 is 0 Å². The molecule has 12 aromatic rings. The minimum Gasteiger partial charge on any atom is -0.0622 e. The fourth-order valence-corrected chi connectivity index (χ4v) is 12.8. The van der Waals surface area contributed by atoms with Crippen molar-refractivity contribution in [2.75, 3.05) is 0 Å². The van der Waals surface area contributed by atoms with Crippen LogP contribution in [0.5, 0.6) is 0 Å². The summed E-state index contributed by atoms with van der Waals surface area (Å²) in [6.07, 6.45) is 0. The molecule has 0 unspecified atom stereocenters. The predicted molar refractivity (Wildman–Crippen MR) is 348 cm³/mol. The highest BCUT2D eigenvalue weighted by atomic mass is 14.3. The maximum absolute atomic E-state index is 2.64. The molecule has 0 amide bonds. The van der Waals surface area contributed by atoms with E-state index in [4.69, 9.17) is 0 Å². The SMILES string of the molecule is CC(C)(C)c1cc(-c2c3cc(-c4ccccc4)c(-c4ccccc4)cc3c(-c3cc(C(C)(C)C)cc(C(C)(C)C)c3)c3cc4c(cc23)-c2cc3cc(-c5ccccc5)ccc3c3ccc(-c5ccccc5)c-4c23)cc(C(C)(C)C)c1. The minimum atomic E-state index is -0.0977. The zero-order chi connectivity index (χ0) is 55.6. The fraction of sp³-hybridized carbons (Fsp3) is 0.200. The van der Waals surface area contributed by atoms with Crippen LogP contribution < -0.4 is 0 Å². The van der Waals surface area contributed by atoms with Gasteiger partial charge in [0.25, 0.3) is 0 Å². The van der Waals surface area contributed by atoms with Crippen molar-refractivity contribution in [2.45, 2.75) is 105 Å². The van der Waals surface area contributed by atoms with Crippen molar-refractivity contribution in [3.8, 4) is 89.0 Å². The van der Waals surface area contributed by atoms with E-state index >= 15 is 0 Å². The largest absolute Gasteiger partial charge is 0.0622 e. The van der Waals surface area contributed by atoms with Crippen LogP contribution in [0.25, 0.3) is 132 Å². The standard InChI is InChI=1S/C80H72/c1-77(2,3)57-38-55(39-58(43-57)78(4,5)6)73-69-45-64(51-29-21-15-22-30-51)65(52-31-23-16-24-32-52)46-70(69)74(56-40-59(79(7,8)9)44-60(41-56)80(10,11)12)72-48-68-66(47-71(72)73)67-42-54-37-53(49-25-17-13-18-26-49)33-34-61(54)63-36-35-62(75(68)76(63)67)50-27-19-14-20-28-50/h13-48H,1-12H3. The molecule has 0 spiro atoms. The van der Waals surface area contributed by atoms with Gasteiger partial charge in [0.05, 0.1) is 0 Å². The number of hydrogen-bond donors (Lipinski definition) is 0. The van der Waals surface area contributed by atoms with Gasteiger partial charge in [-0.25, -0.2) is 0 Å². The molecule has 0 fully saturated rings. The Morgan fingerprint density at radius 3 is 0.975 bits per heavy atom. The van der Waals surface area contributed by atoms with Crippen molar-refractivity contribution in [1.29, 1.82) is 0 Å². The molecule has 0 radical (unpaired) electrons. The molecule has 0 N–H and O–H groups in total. The molecule has 1 aliphatic rings. The second kappa shape index (κ2) is 18.6. The van der Waals surface area contributed by atoms with Gasteiger partial charge in [-0.1, -0.05) is 265 Å². The molecular formula is C80H72. The lowest BCUT2D eigenvalue weighted by Gasteiger charge is -2.29. The lowest BCUT2D eigenvalue weighted by Crippen LogP contribution is -2.16. The van der Waals surface area contributed by atoms with Gasteiger partial charge in [-0.05, 0) is 212 Å². The Balaban J connectivity index is 1.28. The molecule has 0 saturated carbocycles. The van der Waals surface area contributed by atoms with Crippen LogP contribution in [0, 0.1) is 0 Å². The van der Waals surface area contributed by atoms with Crippen LogP contribution in [0.15, 0.2) is 218 Å². The first kappa shape index (κ1) is 51.1. The zero-order valence-electron chi connectivity index (χ0n) is 48.8. The summed E-state index contributed by atoms with van der Waals surface area (Å²) in [5.74, 6) is 0. The third-order valence-corrected chi connectivity index (χ3v) is 17.3. The average Bonchev–Trinajstić information content (AvgIpc) is 3.90. The highest BCUT2D eigenvalue weighted by Crippen LogP contribution is 2.57. The van der Waals surface area contributed by atoms with E-state index in [0.29, 0.717) is 0 Å². The summed E-state index contributed by atoms with van der Waals surface area (Å²) in [6, 6.07) is 84.0. The molecule has 392 valence electrons. The summed E-state index contributed by atoms with van der Waals surface area (Å²) in [4.78, 5) is 0. The maximum Gasteiger partial charge on any atom is -0.00137 e. The molecule has 0 aliphatic heterocycles. The summed E-state index contributed by atoms with van der Waals surface area (Å²) in [7, 11) is 0. The van der Waals surface area contributed by atoms with E-state index in [2.05, 4.69) is 301 Å². The molecular weight excluding hydrogens is 961 g/mol. The Morgan fingerprint density at radius 1 is 0.200 bits per heavy atom. The molecule has 13 rings (SSSR count). The number of rotatable bonds is 6. The summed E-state index contributed by atoms with van der Waals surface area (Å²) in [5.41, 5.74) is 25.0. The van der Waals surface area contributed by atoms with Gasteiger partial charge in [-0.3, -0.25) is 0 Å². The number of fused-ring (bicyclic) bond motifs is 7. The first-order valence-corrected chi connectivity index (χ1v) is 28.9. The smallest absolute Gasteiger partial charge is 0.00137 e. The fourth-order valence-electron chi connectivity index (χ4n) is 12.8. The van der Waals surface area contributed by atoms with Crippen molar-refractivity contribution in [3.63, 3.8) is 0 Å². The lowest BCUT2D eigenvalue weighted by atomic mass is 9.75. The molecule has 0 atom stereocenters. The number of hydrogen-bond acceptors (Lipinski definition) is 0. The van der Waals surface area contributed by atoms with Gasteiger partial charge < -0.3 is 0 Å². The quantitative estimate of drug-likeness (QED) is 0.115. The van der Waals surface area contributed by atoms with Crippen molar-refractivity contribution < 1.29 is 0 Å². The predicted octanol–water partition coefficient (Wildman–Crippen LogP) is 23.1. The third kappa shape index (κ3) is 8.76. The summed E-state index contributed by atoms with van der Waals surface area (Å²) in [5, 5.41) is 10.2. The van der Waals surface area contributed by atoms with Crippen LogP contribution in [-0.2, 0) is 21.7 Å². The Morgan fingerprint density at radius 2 is 0.562 bits per heavy atom. The zero-order valence-corrected chi connectivity index (χ0v) is 48.8. The molecule has 12 aromatic carbocycles. The van der Waals surface area contributed by atoms with Gasteiger partial charge in [-0.15, -0.1) is 0 Å². The van der Waals surface area contributed by atoms with Crippen molar-refractivity contribution >= 4 is 43.1 Å². The van der Waals surface area contributed by atoms with Gasteiger partial charge in [0.2, 0.25) is 0 Å². The summed E-state index contributed by atoms with van der Waals surface area (Å²) >= 11 is 0. The average molecular weight is 1030 g/mol. The Kier molecular flexibility index (Phi) is 11.9. The van der Waals surface area contributed by atoms with E-state index in [9.17, 15) is 0 Å². The maximum atomic E-state index is 2.64. The molecule has 80 heavy (non-hydrogen) atoms. The molecule has 0 heteroatoms. The second-order valence-electron chi connectivity index (χ2n) is 27.0. The molecule has 0 saturated heterocycles. The van der Waals surface area contributed by atoms with Crippen LogP contribution in [0.4, 0.5) is 0 Å². The lowest BCUT2D eigenvalue weighted by molar-refractivity contribution is 0.568. The first-order valence-electron chi connectivity index (χ1n) is 28.9. The monoisotopic (exact) mass is 1030 g/mol. The van der Waals surface area contributed by atoms with Crippen LogP contribution in [0.1, 0.15) is 105 Å². The van der Waals surface area contributed by atoms with E-state index < -0.39 is 0 Å². The summed E-state index contributed by atoms with van der Waals surface area (Å²) in [6.45, 7) is 28.4. The molecule has 0 bridgehead atoms. The number of benzene rings is 12. The van der Waals surface area contributed by atoms with Gasteiger partial charge in [-0.2, -0.15) is 0 Å². The highest BCUT2D eigenvalue weighted by molar-refractivity contribution is 6.30. The second-order valence-corrected chi connectivity index (χ2v) is 27.0. The van der Waals surface area contributed by atoms with E-state index in [1.807, 2.05) is 0 Å². The normalized spacial score (nSPS) is 12.8. The van der Waals surface area contributed by atoms with Crippen molar-refractivity contribution in [3.05, 3.63) is 241 Å². The first-order chi connectivity index (χ1) is 38.2.